The van der Waals surface area contributed by atoms with Gasteiger partial charge in [0.1, 0.15) is 24.2 Å². The molecule has 8 heteroatoms. The molecule has 0 aromatic carbocycles. The van der Waals surface area contributed by atoms with E-state index in [0.29, 0.717) is 32.4 Å². The first-order valence-electron chi connectivity index (χ1n) is 12.6. The Morgan fingerprint density at radius 3 is 2.62 bits per heavy atom. The summed E-state index contributed by atoms with van der Waals surface area (Å²) in [5, 5.41) is 9.97. The van der Waals surface area contributed by atoms with Gasteiger partial charge in [0.25, 0.3) is 0 Å². The van der Waals surface area contributed by atoms with E-state index in [9.17, 15) is 19.5 Å². The van der Waals surface area contributed by atoms with Crippen molar-refractivity contribution in [3.05, 3.63) is 25.3 Å². The second-order valence-electron chi connectivity index (χ2n) is 9.81. The summed E-state index contributed by atoms with van der Waals surface area (Å²) in [4.78, 5) is 44.4. The Morgan fingerprint density at radius 1 is 1.29 bits per heavy atom. The van der Waals surface area contributed by atoms with Gasteiger partial charge in [-0.1, -0.05) is 45.4 Å². The molecular weight excluding hydrogens is 436 g/mol. The van der Waals surface area contributed by atoms with Gasteiger partial charge < -0.3 is 24.4 Å². The molecule has 1 N–H and O–H groups in total. The Bertz CT molecular complexity index is 815. The minimum absolute atomic E-state index is 0.0483. The number of hydrogen-bond acceptors (Lipinski definition) is 6. The van der Waals surface area contributed by atoms with Crippen LogP contribution >= 0.6 is 0 Å². The summed E-state index contributed by atoms with van der Waals surface area (Å²) in [6.45, 7) is 13.8. The summed E-state index contributed by atoms with van der Waals surface area (Å²) < 4.78 is 12.1. The van der Waals surface area contributed by atoms with E-state index in [2.05, 4.69) is 20.1 Å². The van der Waals surface area contributed by atoms with Gasteiger partial charge in [-0.25, -0.2) is 0 Å². The van der Waals surface area contributed by atoms with Crippen LogP contribution < -0.4 is 0 Å². The van der Waals surface area contributed by atoms with E-state index in [1.165, 1.54) is 11.0 Å². The molecular formula is C26H40N2O6. The average molecular weight is 477 g/mol. The highest BCUT2D eigenvalue weighted by Crippen LogP contribution is 2.64. The molecule has 3 saturated heterocycles. The molecule has 2 unspecified atom stereocenters. The number of esters is 1. The molecule has 8 nitrogen and oxygen atoms in total. The Morgan fingerprint density at radius 2 is 2.03 bits per heavy atom. The van der Waals surface area contributed by atoms with Gasteiger partial charge in [0.2, 0.25) is 11.8 Å². The molecule has 2 bridgehead atoms. The minimum atomic E-state index is -1.12. The highest BCUT2D eigenvalue weighted by atomic mass is 16.6. The summed E-state index contributed by atoms with van der Waals surface area (Å²) >= 11 is 0. The summed E-state index contributed by atoms with van der Waals surface area (Å²) in [6, 6.07) is -1.49. The lowest BCUT2D eigenvalue weighted by molar-refractivity contribution is -0.162. The number of aliphatic hydroxyl groups excluding tert-OH is 1. The van der Waals surface area contributed by atoms with Gasteiger partial charge in [-0.2, -0.15) is 0 Å². The Kier molecular flexibility index (Phi) is 8.24. The van der Waals surface area contributed by atoms with Crippen molar-refractivity contribution < 1.29 is 29.0 Å². The first-order chi connectivity index (χ1) is 16.3. The first kappa shape index (κ1) is 26.4. The van der Waals surface area contributed by atoms with E-state index < -0.39 is 41.1 Å². The molecule has 0 aromatic heterocycles. The summed E-state index contributed by atoms with van der Waals surface area (Å²) in [5.74, 6) is -2.63. The zero-order valence-electron chi connectivity index (χ0n) is 20.8. The molecule has 2 amide bonds. The van der Waals surface area contributed by atoms with E-state index in [-0.39, 0.29) is 25.0 Å². The third-order valence-corrected chi connectivity index (χ3v) is 7.88. The van der Waals surface area contributed by atoms with Gasteiger partial charge >= 0.3 is 5.97 Å². The summed E-state index contributed by atoms with van der Waals surface area (Å²) in [6.07, 6.45) is 7.65. The predicted octanol–water partition coefficient (Wildman–Crippen LogP) is 2.46. The van der Waals surface area contributed by atoms with Crippen LogP contribution in [0, 0.1) is 11.8 Å². The second-order valence-corrected chi connectivity index (χ2v) is 9.81. The number of amides is 2. The Hall–Kier alpha value is -2.19. The van der Waals surface area contributed by atoms with Crippen molar-refractivity contribution in [2.24, 2.45) is 11.8 Å². The lowest BCUT2D eigenvalue weighted by Crippen LogP contribution is -2.58. The van der Waals surface area contributed by atoms with Crippen LogP contribution in [-0.4, -0.2) is 82.3 Å². The molecule has 3 fully saturated rings. The fraction of sp³-hybridized carbons (Fsp3) is 0.731. The second kappa shape index (κ2) is 10.6. The van der Waals surface area contributed by atoms with Gasteiger partial charge in [0, 0.05) is 13.1 Å². The molecule has 3 rings (SSSR count). The first-order valence-corrected chi connectivity index (χ1v) is 12.6. The third kappa shape index (κ3) is 4.09. The van der Waals surface area contributed by atoms with Crippen molar-refractivity contribution in [3.63, 3.8) is 0 Å². The zero-order valence-corrected chi connectivity index (χ0v) is 20.8. The van der Waals surface area contributed by atoms with E-state index in [0.717, 1.165) is 19.3 Å². The number of nitrogens with zero attached hydrogens (tertiary/aromatic N) is 2. The molecule has 1 spiro atoms. The molecule has 190 valence electrons. The van der Waals surface area contributed by atoms with Gasteiger partial charge in [0.15, 0.2) is 0 Å². The monoisotopic (exact) mass is 476 g/mol. The van der Waals surface area contributed by atoms with Crippen LogP contribution in [0.3, 0.4) is 0 Å². The Balaban J connectivity index is 2.06. The van der Waals surface area contributed by atoms with Crippen molar-refractivity contribution in [1.29, 1.82) is 0 Å². The van der Waals surface area contributed by atoms with E-state index in [1.54, 1.807) is 17.9 Å². The molecule has 3 aliphatic rings. The van der Waals surface area contributed by atoms with Crippen LogP contribution in [0.5, 0.6) is 0 Å². The maximum absolute atomic E-state index is 14.1. The SMILES string of the molecule is C=CCOC(=O)[C@@H]1[C@H]2C(=O)N([C@H](C)CO)C(C(=O)N(CC=C)CCCCC)C23CC[C@@]1(CC)O3. The molecule has 3 heterocycles. The maximum atomic E-state index is 14.1. The standard InChI is InChI=1S/C26H40N2O6/c1-6-10-11-15-27(14-7-2)23(31)21-26-13-12-25(9-4,34-26)20(24(32)33-16-8-3)19(26)22(30)28(21)18(5)17-29/h7-8,18-21,29H,2-3,6,9-17H2,1,4-5H3/t18-,19+,20+,21?,25-,26?/m1/s1. The van der Waals surface area contributed by atoms with Gasteiger partial charge in [-0.3, -0.25) is 14.4 Å². The highest BCUT2D eigenvalue weighted by Gasteiger charge is 2.79. The van der Waals surface area contributed by atoms with Crippen molar-refractivity contribution in [2.45, 2.75) is 82.6 Å². The highest BCUT2D eigenvalue weighted by molar-refractivity contribution is 5.98. The largest absolute Gasteiger partial charge is 0.461 e. The molecule has 0 radical (unpaired) electrons. The van der Waals surface area contributed by atoms with E-state index in [1.807, 2.05) is 6.92 Å². The van der Waals surface area contributed by atoms with Crippen molar-refractivity contribution in [1.82, 2.24) is 9.80 Å². The number of fused-ring (bicyclic) bond motifs is 1. The number of ether oxygens (including phenoxy) is 2. The van der Waals surface area contributed by atoms with Gasteiger partial charge in [-0.15, -0.1) is 6.58 Å². The molecule has 6 atom stereocenters. The molecule has 0 aliphatic carbocycles. The van der Waals surface area contributed by atoms with Crippen molar-refractivity contribution in [3.8, 4) is 0 Å². The number of hydrogen-bond donors (Lipinski definition) is 1. The molecule has 34 heavy (non-hydrogen) atoms. The zero-order chi connectivity index (χ0) is 25.1. The quantitative estimate of drug-likeness (QED) is 0.249. The van der Waals surface area contributed by atoms with Crippen LogP contribution in [0.1, 0.15) is 59.3 Å². The third-order valence-electron chi connectivity index (χ3n) is 7.88. The molecule has 0 saturated carbocycles. The summed E-state index contributed by atoms with van der Waals surface area (Å²) in [5.41, 5.74) is -1.95. The smallest absolute Gasteiger partial charge is 0.313 e. The normalized spacial score (nSPS) is 32.4. The van der Waals surface area contributed by atoms with Crippen LogP contribution in [-0.2, 0) is 23.9 Å². The number of likely N-dealkylation sites (tertiary alicyclic amines) is 1. The molecule has 3 aliphatic heterocycles. The van der Waals surface area contributed by atoms with Crippen LogP contribution in [0.4, 0.5) is 0 Å². The number of carbonyl (C=O) groups is 3. The maximum Gasteiger partial charge on any atom is 0.313 e. The van der Waals surface area contributed by atoms with Crippen molar-refractivity contribution >= 4 is 17.8 Å². The van der Waals surface area contributed by atoms with Crippen LogP contribution in [0.15, 0.2) is 25.3 Å². The Labute approximate surface area is 202 Å². The van der Waals surface area contributed by atoms with Crippen LogP contribution in [0.25, 0.3) is 0 Å². The number of aliphatic hydroxyl groups is 1. The number of unbranched alkanes of at least 4 members (excludes halogenated alkanes) is 2. The minimum Gasteiger partial charge on any atom is -0.461 e. The van der Waals surface area contributed by atoms with E-state index in [4.69, 9.17) is 9.47 Å². The fourth-order valence-electron chi connectivity index (χ4n) is 6.26. The fourth-order valence-corrected chi connectivity index (χ4v) is 6.26. The van der Waals surface area contributed by atoms with Gasteiger partial charge in [0.05, 0.1) is 24.2 Å². The summed E-state index contributed by atoms with van der Waals surface area (Å²) in [7, 11) is 0. The predicted molar refractivity (Wildman–Crippen MR) is 128 cm³/mol. The van der Waals surface area contributed by atoms with Gasteiger partial charge in [-0.05, 0) is 32.6 Å². The van der Waals surface area contributed by atoms with Crippen molar-refractivity contribution in [2.75, 3.05) is 26.3 Å². The molecule has 0 aromatic rings. The number of carbonyl (C=O) groups excluding carboxylic acids is 3. The van der Waals surface area contributed by atoms with E-state index >= 15 is 0 Å². The number of rotatable bonds is 13. The lowest BCUT2D eigenvalue weighted by atomic mass is 9.65. The average Bonchev–Trinajstić information content (AvgIpc) is 3.44. The topological polar surface area (TPSA) is 96.4 Å². The lowest BCUT2D eigenvalue weighted by Gasteiger charge is -2.38. The van der Waals surface area contributed by atoms with Crippen LogP contribution in [0.2, 0.25) is 0 Å².